The highest BCUT2D eigenvalue weighted by Gasteiger charge is 2.64. The number of carbonyl (C=O) groups is 1. The van der Waals surface area contributed by atoms with Crippen LogP contribution < -0.4 is 0 Å². The maximum absolute atomic E-state index is 13.4. The number of ether oxygens (including phenoxy) is 3. The molecule has 1 aromatic carbocycles. The van der Waals surface area contributed by atoms with Crippen LogP contribution in [0.25, 0.3) is 0 Å². The Labute approximate surface area is 221 Å². The van der Waals surface area contributed by atoms with E-state index in [0.29, 0.717) is 25.0 Å². The van der Waals surface area contributed by atoms with E-state index in [1.54, 1.807) is 0 Å². The summed E-state index contributed by atoms with van der Waals surface area (Å²) in [5.74, 6) is 0.0927. The maximum atomic E-state index is 13.4. The fourth-order valence-electron chi connectivity index (χ4n) is 8.80. The number of carbonyl (C=O) groups excluding carboxylic acids is 1. The van der Waals surface area contributed by atoms with E-state index in [9.17, 15) is 9.90 Å². The summed E-state index contributed by atoms with van der Waals surface area (Å²) in [4.78, 5) is 13.4. The Morgan fingerprint density at radius 3 is 2.68 bits per heavy atom. The number of aliphatic hydroxyl groups is 1. The molecule has 3 fully saturated rings. The quantitative estimate of drug-likeness (QED) is 0.420. The lowest BCUT2D eigenvalue weighted by atomic mass is 9.47. The van der Waals surface area contributed by atoms with Crippen molar-refractivity contribution < 1.29 is 24.1 Å². The van der Waals surface area contributed by atoms with Gasteiger partial charge in [0.1, 0.15) is 6.10 Å². The van der Waals surface area contributed by atoms with Crippen molar-refractivity contribution in [2.24, 2.45) is 28.6 Å². The molecular weight excluding hydrogens is 464 g/mol. The number of aliphatic hydroxyl groups excluding tert-OH is 1. The Bertz CT molecular complexity index is 1130. The number of esters is 1. The van der Waals surface area contributed by atoms with Gasteiger partial charge in [-0.05, 0) is 75.2 Å². The van der Waals surface area contributed by atoms with Gasteiger partial charge in [-0.2, -0.15) is 0 Å². The zero-order chi connectivity index (χ0) is 26.0. The Morgan fingerprint density at radius 1 is 1.14 bits per heavy atom. The van der Waals surface area contributed by atoms with Crippen LogP contribution >= 0.6 is 0 Å². The van der Waals surface area contributed by atoms with Crippen LogP contribution in [0.4, 0.5) is 0 Å². The first kappa shape index (κ1) is 25.3. The standard InChI is InChI=1S/C32H42O5/c1-20-6-5-7-21(16-20)17-29(34)37-28-19-26-24(9-8-22-18-23(33)12-13-30(22,26)2)25-10-11-27(31(25,28)3)32(4)35-14-15-36-32/h5-8,10,16,23-24,26-28,33H,9,11-15,17-19H2,1-4H3/t23-,24-,26-,27-,28+,30-,31-/m0/s1. The lowest BCUT2D eigenvalue weighted by molar-refractivity contribution is -0.223. The topological polar surface area (TPSA) is 65.0 Å². The van der Waals surface area contributed by atoms with Crippen LogP contribution in [-0.2, 0) is 25.4 Å². The summed E-state index contributed by atoms with van der Waals surface area (Å²) >= 11 is 0. The molecule has 37 heavy (non-hydrogen) atoms. The van der Waals surface area contributed by atoms with Gasteiger partial charge in [0.15, 0.2) is 5.79 Å². The highest BCUT2D eigenvalue weighted by Crippen LogP contribution is 2.66. The van der Waals surface area contributed by atoms with E-state index in [4.69, 9.17) is 14.2 Å². The lowest BCUT2D eigenvalue weighted by Gasteiger charge is -2.59. The first-order valence-corrected chi connectivity index (χ1v) is 14.2. The zero-order valence-electron chi connectivity index (χ0n) is 22.8. The SMILES string of the molecule is Cc1cccc(CC(=O)O[C@@H]2C[C@H]3[C@@H](CC=C4C[C@@H](O)CC[C@@]43C)C3=CC[C@H](C4(C)OCCO4)[C@]32C)c1. The van der Waals surface area contributed by atoms with E-state index >= 15 is 0 Å². The molecule has 5 heteroatoms. The molecule has 0 unspecified atom stereocenters. The van der Waals surface area contributed by atoms with Crippen molar-refractivity contribution in [2.45, 2.75) is 90.6 Å². The fourth-order valence-corrected chi connectivity index (χ4v) is 8.80. The number of fused-ring (bicyclic) bond motifs is 5. The molecule has 1 aliphatic heterocycles. The lowest BCUT2D eigenvalue weighted by Crippen LogP contribution is -2.58. The molecule has 4 aliphatic carbocycles. The number of hydrogen-bond donors (Lipinski definition) is 1. The normalized spacial score (nSPS) is 40.2. The van der Waals surface area contributed by atoms with Gasteiger partial charge in [0.05, 0.1) is 25.7 Å². The van der Waals surface area contributed by atoms with Crippen LogP contribution in [0.5, 0.6) is 0 Å². The Balaban J connectivity index is 1.35. The molecule has 2 saturated carbocycles. The van der Waals surface area contributed by atoms with Gasteiger partial charge >= 0.3 is 5.97 Å². The van der Waals surface area contributed by atoms with E-state index in [2.05, 4.69) is 52.0 Å². The highest BCUT2D eigenvalue weighted by molar-refractivity contribution is 5.73. The molecule has 0 aromatic heterocycles. The molecule has 5 nitrogen and oxygen atoms in total. The van der Waals surface area contributed by atoms with Gasteiger partial charge in [-0.25, -0.2) is 0 Å². The van der Waals surface area contributed by atoms with Crippen LogP contribution in [0, 0.1) is 35.5 Å². The highest BCUT2D eigenvalue weighted by atomic mass is 16.7. The van der Waals surface area contributed by atoms with Gasteiger partial charge in [-0.15, -0.1) is 0 Å². The average molecular weight is 507 g/mol. The number of allylic oxidation sites excluding steroid dienone is 2. The van der Waals surface area contributed by atoms with E-state index in [1.807, 2.05) is 12.1 Å². The fraction of sp³-hybridized carbons (Fsp3) is 0.656. The van der Waals surface area contributed by atoms with E-state index in [-0.39, 0.29) is 41.3 Å². The van der Waals surface area contributed by atoms with Gasteiger partial charge in [-0.3, -0.25) is 4.79 Å². The van der Waals surface area contributed by atoms with Crippen molar-refractivity contribution in [3.8, 4) is 0 Å². The van der Waals surface area contributed by atoms with Gasteiger partial charge in [-0.1, -0.05) is 67.0 Å². The second kappa shape index (κ2) is 9.07. The van der Waals surface area contributed by atoms with Crippen LogP contribution in [0.3, 0.4) is 0 Å². The summed E-state index contributed by atoms with van der Waals surface area (Å²) in [5, 5.41) is 10.4. The van der Waals surface area contributed by atoms with Gasteiger partial charge in [0, 0.05) is 11.3 Å². The average Bonchev–Trinajstić information content (AvgIpc) is 3.45. The minimum Gasteiger partial charge on any atom is -0.461 e. The van der Waals surface area contributed by atoms with E-state index < -0.39 is 5.79 Å². The third kappa shape index (κ3) is 4.04. The van der Waals surface area contributed by atoms with Crippen molar-refractivity contribution in [3.63, 3.8) is 0 Å². The van der Waals surface area contributed by atoms with Crippen molar-refractivity contribution >= 4 is 5.97 Å². The summed E-state index contributed by atoms with van der Waals surface area (Å²) in [5.41, 5.74) is 4.69. The number of aryl methyl sites for hydroxylation is 1. The minimum absolute atomic E-state index is 0.0356. The molecule has 0 bridgehead atoms. The summed E-state index contributed by atoms with van der Waals surface area (Å²) in [6.07, 6.45) is 9.98. The number of hydrogen-bond acceptors (Lipinski definition) is 5. The summed E-state index contributed by atoms with van der Waals surface area (Å²) < 4.78 is 19.0. The first-order chi connectivity index (χ1) is 17.6. The second-order valence-electron chi connectivity index (χ2n) is 12.8. The zero-order valence-corrected chi connectivity index (χ0v) is 22.8. The molecule has 7 atom stereocenters. The molecule has 0 radical (unpaired) electrons. The molecule has 1 saturated heterocycles. The molecule has 1 heterocycles. The number of benzene rings is 1. The Morgan fingerprint density at radius 2 is 1.92 bits per heavy atom. The van der Waals surface area contributed by atoms with Crippen molar-refractivity contribution in [2.75, 3.05) is 13.2 Å². The van der Waals surface area contributed by atoms with Crippen LogP contribution in [0.1, 0.15) is 70.4 Å². The Kier molecular flexibility index (Phi) is 6.21. The largest absolute Gasteiger partial charge is 0.461 e. The summed E-state index contributed by atoms with van der Waals surface area (Å²) in [7, 11) is 0. The molecule has 6 rings (SSSR count). The molecule has 1 N–H and O–H groups in total. The molecule has 1 aromatic rings. The minimum atomic E-state index is -0.671. The third-order valence-corrected chi connectivity index (χ3v) is 10.8. The first-order valence-electron chi connectivity index (χ1n) is 14.2. The summed E-state index contributed by atoms with van der Waals surface area (Å²) in [6, 6.07) is 8.12. The van der Waals surface area contributed by atoms with Crippen molar-refractivity contribution in [3.05, 3.63) is 58.7 Å². The Hall–Kier alpha value is -1.95. The monoisotopic (exact) mass is 506 g/mol. The predicted octanol–water partition coefficient (Wildman–Crippen LogP) is 5.68. The van der Waals surface area contributed by atoms with Crippen LogP contribution in [0.15, 0.2) is 47.6 Å². The second-order valence-corrected chi connectivity index (χ2v) is 12.8. The predicted molar refractivity (Wildman–Crippen MR) is 142 cm³/mol. The van der Waals surface area contributed by atoms with E-state index in [1.165, 1.54) is 11.1 Å². The molecule has 200 valence electrons. The van der Waals surface area contributed by atoms with Gasteiger partial charge in [0.25, 0.3) is 0 Å². The molecular formula is C32H42O5. The van der Waals surface area contributed by atoms with Gasteiger partial charge in [0.2, 0.25) is 0 Å². The van der Waals surface area contributed by atoms with Crippen LogP contribution in [-0.4, -0.2) is 42.3 Å². The van der Waals surface area contributed by atoms with Crippen LogP contribution in [0.2, 0.25) is 0 Å². The molecule has 0 spiro atoms. The maximum Gasteiger partial charge on any atom is 0.310 e. The van der Waals surface area contributed by atoms with Crippen molar-refractivity contribution in [1.82, 2.24) is 0 Å². The van der Waals surface area contributed by atoms with Gasteiger partial charge < -0.3 is 19.3 Å². The number of rotatable bonds is 4. The van der Waals surface area contributed by atoms with E-state index in [0.717, 1.165) is 49.7 Å². The third-order valence-electron chi connectivity index (χ3n) is 10.8. The summed E-state index contributed by atoms with van der Waals surface area (Å²) in [6.45, 7) is 10.0. The molecule has 0 amide bonds. The smallest absolute Gasteiger partial charge is 0.310 e. The van der Waals surface area contributed by atoms with Crippen molar-refractivity contribution in [1.29, 1.82) is 0 Å². The molecule has 5 aliphatic rings.